The van der Waals surface area contributed by atoms with Crippen molar-refractivity contribution in [2.45, 2.75) is 12.5 Å². The molecule has 100 valence electrons. The van der Waals surface area contributed by atoms with Crippen LogP contribution in [0.4, 0.5) is 0 Å². The first kappa shape index (κ1) is 14.3. The third kappa shape index (κ3) is 3.47. The van der Waals surface area contributed by atoms with Gasteiger partial charge in [-0.1, -0.05) is 27.5 Å². The fourth-order valence-electron chi connectivity index (χ4n) is 1.79. The highest BCUT2D eigenvalue weighted by molar-refractivity contribution is 9.10. The summed E-state index contributed by atoms with van der Waals surface area (Å²) in [5.74, 6) is 0.707. The molecule has 0 aliphatic rings. The molecule has 1 aromatic heterocycles. The van der Waals surface area contributed by atoms with Crippen molar-refractivity contribution >= 4 is 27.5 Å². The van der Waals surface area contributed by atoms with Crippen LogP contribution in [0, 0.1) is 0 Å². The molecule has 0 saturated carbocycles. The van der Waals surface area contributed by atoms with Gasteiger partial charge >= 0.3 is 0 Å². The maximum absolute atomic E-state index is 10.3. The Morgan fingerprint density at radius 1 is 1.42 bits per heavy atom. The Kier molecular flexibility index (Phi) is 4.80. The fourth-order valence-corrected chi connectivity index (χ4v) is 2.50. The normalized spacial score (nSPS) is 12.2. The van der Waals surface area contributed by atoms with Crippen LogP contribution >= 0.6 is 27.5 Å². The first-order valence-corrected chi connectivity index (χ1v) is 6.89. The van der Waals surface area contributed by atoms with Crippen LogP contribution in [0.2, 0.25) is 5.02 Å². The number of aromatic nitrogens is 1. The number of benzene rings is 1. The molecule has 1 aromatic carbocycles. The average molecular weight is 343 g/mol. The lowest BCUT2D eigenvalue weighted by molar-refractivity contribution is 0.177. The molecule has 0 amide bonds. The number of pyridine rings is 1. The molecule has 3 nitrogen and oxygen atoms in total. The Hall–Kier alpha value is -1.10. The van der Waals surface area contributed by atoms with Crippen molar-refractivity contribution in [3.05, 3.63) is 57.3 Å². The minimum absolute atomic E-state index is 0.424. The average Bonchev–Trinajstić information content (AvgIpc) is 2.42. The zero-order chi connectivity index (χ0) is 13.8. The van der Waals surface area contributed by atoms with Crippen molar-refractivity contribution in [1.29, 1.82) is 0 Å². The third-order valence-corrected chi connectivity index (χ3v) is 3.89. The van der Waals surface area contributed by atoms with Gasteiger partial charge in [0.05, 0.1) is 18.2 Å². The first-order chi connectivity index (χ1) is 9.11. The highest BCUT2D eigenvalue weighted by atomic mass is 79.9. The number of hydrogen-bond acceptors (Lipinski definition) is 3. The SMILES string of the molecule is COc1ccc(Br)c(C(O)Cc2ccncc2Cl)c1. The van der Waals surface area contributed by atoms with Gasteiger partial charge in [0.25, 0.3) is 0 Å². The maximum atomic E-state index is 10.3. The second-order valence-electron chi connectivity index (χ2n) is 4.07. The largest absolute Gasteiger partial charge is 0.497 e. The van der Waals surface area contributed by atoms with Gasteiger partial charge in [-0.25, -0.2) is 0 Å². The molecule has 0 bridgehead atoms. The van der Waals surface area contributed by atoms with E-state index in [2.05, 4.69) is 20.9 Å². The quantitative estimate of drug-likeness (QED) is 0.919. The third-order valence-electron chi connectivity index (χ3n) is 2.83. The minimum Gasteiger partial charge on any atom is -0.497 e. The van der Waals surface area contributed by atoms with Crippen LogP contribution < -0.4 is 4.74 Å². The van der Waals surface area contributed by atoms with Crippen molar-refractivity contribution in [2.75, 3.05) is 7.11 Å². The van der Waals surface area contributed by atoms with Crippen LogP contribution in [0.25, 0.3) is 0 Å². The molecule has 2 aromatic rings. The molecule has 0 saturated heterocycles. The molecule has 0 spiro atoms. The van der Waals surface area contributed by atoms with Gasteiger partial charge < -0.3 is 9.84 Å². The van der Waals surface area contributed by atoms with E-state index in [1.807, 2.05) is 18.2 Å². The van der Waals surface area contributed by atoms with E-state index >= 15 is 0 Å². The molecule has 0 aliphatic heterocycles. The van der Waals surface area contributed by atoms with E-state index in [9.17, 15) is 5.11 Å². The van der Waals surface area contributed by atoms with Crippen LogP contribution in [0.5, 0.6) is 5.75 Å². The Bertz CT molecular complexity index is 577. The monoisotopic (exact) mass is 341 g/mol. The van der Waals surface area contributed by atoms with Gasteiger partial charge in [-0.3, -0.25) is 4.98 Å². The van der Waals surface area contributed by atoms with Gasteiger partial charge in [-0.2, -0.15) is 0 Å². The minimum atomic E-state index is -0.663. The van der Waals surface area contributed by atoms with Crippen molar-refractivity contribution in [1.82, 2.24) is 4.98 Å². The Labute approximate surface area is 125 Å². The summed E-state index contributed by atoms with van der Waals surface area (Å²) in [5.41, 5.74) is 1.63. The zero-order valence-corrected chi connectivity index (χ0v) is 12.6. The van der Waals surface area contributed by atoms with E-state index in [-0.39, 0.29) is 0 Å². The van der Waals surface area contributed by atoms with Crippen LogP contribution in [0.1, 0.15) is 17.2 Å². The van der Waals surface area contributed by atoms with E-state index in [4.69, 9.17) is 16.3 Å². The highest BCUT2D eigenvalue weighted by Gasteiger charge is 2.14. The van der Waals surface area contributed by atoms with Crippen molar-refractivity contribution in [3.63, 3.8) is 0 Å². The molecule has 19 heavy (non-hydrogen) atoms. The van der Waals surface area contributed by atoms with Crippen molar-refractivity contribution < 1.29 is 9.84 Å². The van der Waals surface area contributed by atoms with Crippen LogP contribution in [-0.4, -0.2) is 17.2 Å². The molecular formula is C14H13BrClNO2. The number of ether oxygens (including phenoxy) is 1. The van der Waals surface area contributed by atoms with Gasteiger partial charge in [-0.05, 0) is 35.4 Å². The van der Waals surface area contributed by atoms with Gasteiger partial charge in [-0.15, -0.1) is 0 Å². The summed E-state index contributed by atoms with van der Waals surface area (Å²) in [6, 6.07) is 7.30. The maximum Gasteiger partial charge on any atom is 0.119 e. The van der Waals surface area contributed by atoms with Crippen LogP contribution in [0.3, 0.4) is 0 Å². The van der Waals surface area contributed by atoms with E-state index in [1.54, 1.807) is 25.6 Å². The van der Waals surface area contributed by atoms with E-state index in [0.29, 0.717) is 17.2 Å². The zero-order valence-electron chi connectivity index (χ0n) is 10.3. The first-order valence-electron chi connectivity index (χ1n) is 5.71. The molecule has 0 aliphatic carbocycles. The molecule has 1 N–H and O–H groups in total. The Morgan fingerprint density at radius 3 is 2.89 bits per heavy atom. The lowest BCUT2D eigenvalue weighted by Crippen LogP contribution is -2.04. The van der Waals surface area contributed by atoms with Crippen molar-refractivity contribution in [2.24, 2.45) is 0 Å². The second kappa shape index (κ2) is 6.37. The van der Waals surface area contributed by atoms with Gasteiger partial charge in [0.1, 0.15) is 5.75 Å². The van der Waals surface area contributed by atoms with Crippen LogP contribution in [-0.2, 0) is 6.42 Å². The molecule has 2 rings (SSSR count). The number of rotatable bonds is 4. The number of hydrogen-bond donors (Lipinski definition) is 1. The Balaban J connectivity index is 2.25. The van der Waals surface area contributed by atoms with E-state index < -0.39 is 6.10 Å². The predicted octanol–water partition coefficient (Wildman–Crippen LogP) is 3.78. The molecule has 1 heterocycles. The van der Waals surface area contributed by atoms with Gasteiger partial charge in [0.2, 0.25) is 0 Å². The summed E-state index contributed by atoms with van der Waals surface area (Å²) < 4.78 is 6.00. The molecule has 1 atom stereocenters. The predicted molar refractivity (Wildman–Crippen MR) is 78.6 cm³/mol. The van der Waals surface area contributed by atoms with Gasteiger partial charge in [0, 0.05) is 23.3 Å². The molecule has 5 heteroatoms. The highest BCUT2D eigenvalue weighted by Crippen LogP contribution is 2.30. The summed E-state index contributed by atoms with van der Waals surface area (Å²) in [5, 5.41) is 10.9. The Morgan fingerprint density at radius 2 is 2.21 bits per heavy atom. The lowest BCUT2D eigenvalue weighted by Gasteiger charge is -2.14. The molecule has 0 fully saturated rings. The summed E-state index contributed by atoms with van der Waals surface area (Å²) in [4.78, 5) is 3.93. The smallest absolute Gasteiger partial charge is 0.119 e. The molecular weight excluding hydrogens is 330 g/mol. The lowest BCUT2D eigenvalue weighted by atomic mass is 10.0. The topological polar surface area (TPSA) is 42.4 Å². The molecule has 0 radical (unpaired) electrons. The van der Waals surface area contributed by atoms with Crippen molar-refractivity contribution in [3.8, 4) is 5.75 Å². The number of aliphatic hydroxyl groups excluding tert-OH is 1. The van der Waals surface area contributed by atoms with E-state index in [1.165, 1.54) is 0 Å². The second-order valence-corrected chi connectivity index (χ2v) is 5.34. The number of methoxy groups -OCH3 is 1. The summed E-state index contributed by atoms with van der Waals surface area (Å²) in [6.45, 7) is 0. The fraction of sp³-hybridized carbons (Fsp3) is 0.214. The van der Waals surface area contributed by atoms with E-state index in [0.717, 1.165) is 15.6 Å². The number of nitrogens with zero attached hydrogens (tertiary/aromatic N) is 1. The number of aliphatic hydroxyl groups is 1. The number of halogens is 2. The summed E-state index contributed by atoms with van der Waals surface area (Å²) >= 11 is 9.48. The standard InChI is InChI=1S/C14H13BrClNO2/c1-19-10-2-3-12(15)11(7-10)14(18)6-9-4-5-17-8-13(9)16/h2-5,7-8,14,18H,6H2,1H3. The molecule has 1 unspecified atom stereocenters. The van der Waals surface area contributed by atoms with Gasteiger partial charge in [0.15, 0.2) is 0 Å². The summed E-state index contributed by atoms with van der Waals surface area (Å²) in [6.07, 6.45) is 3.00. The van der Waals surface area contributed by atoms with Crippen LogP contribution in [0.15, 0.2) is 41.1 Å². The summed E-state index contributed by atoms with van der Waals surface area (Å²) in [7, 11) is 1.60.